The number of anilines is 1. The second-order valence-electron chi connectivity index (χ2n) is 7.00. The van der Waals surface area contributed by atoms with E-state index in [1.807, 2.05) is 6.07 Å². The number of benzene rings is 2. The van der Waals surface area contributed by atoms with Gasteiger partial charge < -0.3 is 10.1 Å². The van der Waals surface area contributed by atoms with Crippen LogP contribution < -0.4 is 5.32 Å². The summed E-state index contributed by atoms with van der Waals surface area (Å²) in [6, 6.07) is 19.8. The van der Waals surface area contributed by atoms with E-state index in [2.05, 4.69) is 60.8 Å². The van der Waals surface area contributed by atoms with Gasteiger partial charge in [-0.05, 0) is 43.4 Å². The van der Waals surface area contributed by atoms with Gasteiger partial charge in [-0.25, -0.2) is 0 Å². The third kappa shape index (κ3) is 2.42. The highest BCUT2D eigenvalue weighted by atomic mass is 16.5. The van der Waals surface area contributed by atoms with Crippen molar-refractivity contribution in [2.75, 3.05) is 11.9 Å². The van der Waals surface area contributed by atoms with Crippen molar-refractivity contribution in [1.82, 2.24) is 0 Å². The molecule has 114 valence electrons. The highest BCUT2D eigenvalue weighted by Crippen LogP contribution is 2.65. The molecular formula is C20H23NO. The van der Waals surface area contributed by atoms with Gasteiger partial charge in [0.25, 0.3) is 0 Å². The predicted molar refractivity (Wildman–Crippen MR) is 89.8 cm³/mol. The zero-order valence-electron chi connectivity index (χ0n) is 13.1. The molecule has 5 rings (SSSR count). The molecule has 1 unspecified atom stereocenters. The van der Waals surface area contributed by atoms with E-state index in [1.165, 1.54) is 29.7 Å². The molecule has 0 radical (unpaired) electrons. The minimum absolute atomic E-state index is 0.379. The number of hydrogen-bond acceptors (Lipinski definition) is 2. The lowest BCUT2D eigenvalue weighted by Crippen LogP contribution is -2.70. The average Bonchev–Trinajstić information content (AvgIpc) is 2.50. The molecule has 22 heavy (non-hydrogen) atoms. The fraction of sp³-hybridized carbons (Fsp3) is 0.400. The molecule has 2 aromatic carbocycles. The van der Waals surface area contributed by atoms with Crippen molar-refractivity contribution < 1.29 is 4.74 Å². The van der Waals surface area contributed by atoms with Crippen LogP contribution in [0.15, 0.2) is 54.6 Å². The lowest BCUT2D eigenvalue weighted by molar-refractivity contribution is -0.170. The molecule has 0 saturated heterocycles. The Kier molecular flexibility index (Phi) is 3.42. The van der Waals surface area contributed by atoms with Crippen molar-refractivity contribution in [3.63, 3.8) is 0 Å². The standard InChI is InChI=1S/C20H23NO/c1-15-7-9-18(10-8-15)21-19-17-11-20(19,12-17)14-22-13-16-5-3-2-4-6-16/h2-10,17,19,21H,11-14H2,1H3. The Morgan fingerprint density at radius 2 is 1.77 bits per heavy atom. The molecular weight excluding hydrogens is 270 g/mol. The molecule has 0 spiro atoms. The van der Waals surface area contributed by atoms with Crippen molar-refractivity contribution in [2.24, 2.45) is 11.3 Å². The van der Waals surface area contributed by atoms with E-state index >= 15 is 0 Å². The maximum atomic E-state index is 6.01. The minimum atomic E-state index is 0.379. The van der Waals surface area contributed by atoms with Gasteiger partial charge in [-0.3, -0.25) is 0 Å². The number of hydrogen-bond donors (Lipinski definition) is 1. The van der Waals surface area contributed by atoms with E-state index in [4.69, 9.17) is 4.74 Å². The van der Waals surface area contributed by atoms with Gasteiger partial charge in [-0.2, -0.15) is 0 Å². The molecule has 2 aromatic rings. The van der Waals surface area contributed by atoms with Crippen LogP contribution in [0.2, 0.25) is 0 Å². The lowest BCUT2D eigenvalue weighted by Gasteiger charge is -2.68. The first kappa shape index (κ1) is 13.8. The molecule has 0 amide bonds. The van der Waals surface area contributed by atoms with Crippen LogP contribution in [-0.4, -0.2) is 12.6 Å². The third-order valence-electron chi connectivity index (χ3n) is 5.34. The number of ether oxygens (including phenoxy) is 1. The molecule has 2 nitrogen and oxygen atoms in total. The molecule has 1 atom stereocenters. The normalized spacial score (nSPS) is 28.6. The van der Waals surface area contributed by atoms with E-state index in [-0.39, 0.29) is 0 Å². The lowest BCUT2D eigenvalue weighted by atomic mass is 9.41. The van der Waals surface area contributed by atoms with Gasteiger partial charge >= 0.3 is 0 Å². The van der Waals surface area contributed by atoms with Crippen molar-refractivity contribution >= 4 is 5.69 Å². The number of nitrogens with one attached hydrogen (secondary N) is 1. The van der Waals surface area contributed by atoms with Gasteiger partial charge in [-0.1, -0.05) is 48.0 Å². The first-order valence-corrected chi connectivity index (χ1v) is 8.20. The second kappa shape index (κ2) is 5.44. The first-order chi connectivity index (χ1) is 10.8. The smallest absolute Gasteiger partial charge is 0.0717 e. The van der Waals surface area contributed by atoms with Gasteiger partial charge in [0, 0.05) is 17.1 Å². The van der Waals surface area contributed by atoms with E-state index in [9.17, 15) is 0 Å². The SMILES string of the molecule is Cc1ccc(NC2C3CC2(COCc2ccccc2)C3)cc1. The van der Waals surface area contributed by atoms with Gasteiger partial charge in [-0.15, -0.1) is 0 Å². The van der Waals surface area contributed by atoms with Crippen LogP contribution in [0.1, 0.15) is 24.0 Å². The van der Waals surface area contributed by atoms with E-state index in [1.54, 1.807) is 0 Å². The Morgan fingerprint density at radius 1 is 1.05 bits per heavy atom. The van der Waals surface area contributed by atoms with Crippen LogP contribution in [0.4, 0.5) is 5.69 Å². The molecule has 2 bridgehead atoms. The second-order valence-corrected chi connectivity index (χ2v) is 7.00. The monoisotopic (exact) mass is 293 g/mol. The van der Waals surface area contributed by atoms with Gasteiger partial charge in [0.1, 0.15) is 0 Å². The highest BCUT2D eigenvalue weighted by molar-refractivity contribution is 5.48. The zero-order chi connectivity index (χ0) is 15.0. The van der Waals surface area contributed by atoms with Crippen LogP contribution in [-0.2, 0) is 11.3 Å². The molecule has 0 heterocycles. The Balaban J connectivity index is 1.31. The quantitative estimate of drug-likeness (QED) is 0.852. The van der Waals surface area contributed by atoms with E-state index in [0.29, 0.717) is 11.5 Å². The Bertz CT molecular complexity index is 629. The Labute approximate surface area is 132 Å². The average molecular weight is 293 g/mol. The summed E-state index contributed by atoms with van der Waals surface area (Å²) < 4.78 is 6.01. The molecule has 0 aromatic heterocycles. The van der Waals surface area contributed by atoms with Crippen molar-refractivity contribution in [1.29, 1.82) is 0 Å². The summed E-state index contributed by atoms with van der Waals surface area (Å²) in [4.78, 5) is 0. The summed E-state index contributed by atoms with van der Waals surface area (Å²) in [5.41, 5.74) is 4.19. The molecule has 3 fully saturated rings. The van der Waals surface area contributed by atoms with Crippen molar-refractivity contribution in [3.8, 4) is 0 Å². The maximum Gasteiger partial charge on any atom is 0.0717 e. The molecule has 1 N–H and O–H groups in total. The summed E-state index contributed by atoms with van der Waals surface area (Å²) in [5.74, 6) is 0.849. The maximum absolute atomic E-state index is 6.01. The summed E-state index contributed by atoms with van der Waals surface area (Å²) >= 11 is 0. The Hall–Kier alpha value is -1.80. The molecule has 2 heteroatoms. The molecule has 3 aliphatic rings. The van der Waals surface area contributed by atoms with E-state index < -0.39 is 0 Å². The summed E-state index contributed by atoms with van der Waals surface area (Å²) in [7, 11) is 0. The topological polar surface area (TPSA) is 21.3 Å². The Morgan fingerprint density at radius 3 is 2.41 bits per heavy atom. The number of aryl methyl sites for hydroxylation is 1. The zero-order valence-corrected chi connectivity index (χ0v) is 13.1. The molecule has 0 aliphatic heterocycles. The van der Waals surface area contributed by atoms with Crippen LogP contribution in [0.25, 0.3) is 0 Å². The van der Waals surface area contributed by atoms with Gasteiger partial charge in [0.2, 0.25) is 0 Å². The summed E-state index contributed by atoms with van der Waals surface area (Å²) in [6.45, 7) is 3.73. The van der Waals surface area contributed by atoms with Crippen LogP contribution in [0, 0.1) is 18.3 Å². The fourth-order valence-corrected chi connectivity index (χ4v) is 3.91. The highest BCUT2D eigenvalue weighted by Gasteiger charge is 2.65. The third-order valence-corrected chi connectivity index (χ3v) is 5.34. The molecule has 3 saturated carbocycles. The summed E-state index contributed by atoms with van der Waals surface area (Å²) in [6.07, 6.45) is 2.65. The largest absolute Gasteiger partial charge is 0.381 e. The fourth-order valence-electron chi connectivity index (χ4n) is 3.91. The minimum Gasteiger partial charge on any atom is -0.381 e. The molecule has 3 aliphatic carbocycles. The van der Waals surface area contributed by atoms with Crippen molar-refractivity contribution in [2.45, 2.75) is 32.4 Å². The van der Waals surface area contributed by atoms with Crippen molar-refractivity contribution in [3.05, 3.63) is 65.7 Å². The van der Waals surface area contributed by atoms with Gasteiger partial charge in [0.05, 0.1) is 13.2 Å². The predicted octanol–water partition coefficient (Wildman–Crippen LogP) is 4.40. The van der Waals surface area contributed by atoms with Crippen LogP contribution >= 0.6 is 0 Å². The van der Waals surface area contributed by atoms with Crippen LogP contribution in [0.5, 0.6) is 0 Å². The van der Waals surface area contributed by atoms with E-state index in [0.717, 1.165) is 19.1 Å². The number of rotatable bonds is 6. The first-order valence-electron chi connectivity index (χ1n) is 8.20. The summed E-state index contributed by atoms with van der Waals surface area (Å²) in [5, 5.41) is 3.71. The van der Waals surface area contributed by atoms with Gasteiger partial charge in [0.15, 0.2) is 0 Å². The van der Waals surface area contributed by atoms with Crippen LogP contribution in [0.3, 0.4) is 0 Å².